The number of amides is 1. The van der Waals surface area contributed by atoms with Gasteiger partial charge in [0.1, 0.15) is 5.75 Å². The molecule has 0 aromatic heterocycles. The van der Waals surface area contributed by atoms with Crippen LogP contribution >= 0.6 is 0 Å². The third-order valence-corrected chi connectivity index (χ3v) is 5.30. The fourth-order valence-electron chi connectivity index (χ4n) is 3.81. The monoisotopic (exact) mass is 394 g/mol. The Labute approximate surface area is 174 Å². The van der Waals surface area contributed by atoms with Gasteiger partial charge in [-0.05, 0) is 48.0 Å². The summed E-state index contributed by atoms with van der Waals surface area (Å²) in [6, 6.07) is 25.6. The lowest BCUT2D eigenvalue weighted by atomic mass is 9.97. The molecule has 0 aliphatic carbocycles. The average molecular weight is 394 g/mol. The predicted molar refractivity (Wildman–Crippen MR) is 115 cm³/mol. The number of carbonyl (C=O) groups excluding carboxylic acids is 1. The summed E-state index contributed by atoms with van der Waals surface area (Å²) in [5.74, 6) is 0.509. The Balaban J connectivity index is 1.53. The molecule has 3 aromatic rings. The van der Waals surface area contributed by atoms with E-state index in [-0.39, 0.29) is 18.6 Å². The topological polar surface area (TPSA) is 77.7 Å². The van der Waals surface area contributed by atoms with E-state index < -0.39 is 0 Å². The van der Waals surface area contributed by atoms with Crippen LogP contribution in [0.3, 0.4) is 0 Å². The van der Waals surface area contributed by atoms with Gasteiger partial charge in [0, 0.05) is 12.0 Å². The minimum atomic E-state index is -0.158. The van der Waals surface area contributed by atoms with Gasteiger partial charge in [-0.1, -0.05) is 30.3 Å². The number of nitrogens with zero attached hydrogens (tertiary/aromatic N) is 3. The molecule has 1 unspecified atom stereocenters. The number of hydrazone groups is 1. The lowest BCUT2D eigenvalue weighted by Crippen LogP contribution is -2.25. The molecule has 0 spiro atoms. The normalized spacial score (nSPS) is 17.4. The van der Waals surface area contributed by atoms with E-state index in [9.17, 15) is 4.79 Å². The fraction of sp³-hybridized carbons (Fsp3) is 0.125. The summed E-state index contributed by atoms with van der Waals surface area (Å²) in [6.07, 6.45) is 0.720. The van der Waals surface area contributed by atoms with Crippen molar-refractivity contribution in [1.29, 1.82) is 5.26 Å². The van der Waals surface area contributed by atoms with Crippen molar-refractivity contribution in [3.8, 4) is 11.8 Å². The molecule has 0 radical (unpaired) electrons. The largest absolute Gasteiger partial charge is 0.482 e. The van der Waals surface area contributed by atoms with E-state index in [1.165, 1.54) is 0 Å². The Morgan fingerprint density at radius 2 is 1.87 bits per heavy atom. The van der Waals surface area contributed by atoms with Crippen LogP contribution in [-0.2, 0) is 4.79 Å². The molecule has 2 aliphatic heterocycles. The highest BCUT2D eigenvalue weighted by molar-refractivity contribution is 6.05. The maximum absolute atomic E-state index is 11.7. The Hall–Kier alpha value is -4.11. The second-order valence-corrected chi connectivity index (χ2v) is 7.23. The summed E-state index contributed by atoms with van der Waals surface area (Å²) < 4.78 is 5.47. The van der Waals surface area contributed by atoms with Crippen molar-refractivity contribution in [2.75, 3.05) is 16.9 Å². The van der Waals surface area contributed by atoms with Crippen LogP contribution in [0.15, 0.2) is 77.9 Å². The van der Waals surface area contributed by atoms with Crippen LogP contribution in [0.4, 0.5) is 11.4 Å². The van der Waals surface area contributed by atoms with Gasteiger partial charge >= 0.3 is 0 Å². The Kier molecular flexibility index (Phi) is 4.41. The second kappa shape index (κ2) is 7.37. The molecule has 1 atom stereocenters. The molecule has 0 fully saturated rings. The van der Waals surface area contributed by atoms with Gasteiger partial charge in [0.05, 0.1) is 34.8 Å². The number of nitrogens with one attached hydrogen (secondary N) is 1. The molecule has 146 valence electrons. The van der Waals surface area contributed by atoms with Crippen LogP contribution < -0.4 is 15.1 Å². The van der Waals surface area contributed by atoms with Crippen LogP contribution in [-0.4, -0.2) is 18.2 Å². The van der Waals surface area contributed by atoms with Gasteiger partial charge in [0.2, 0.25) is 0 Å². The summed E-state index contributed by atoms with van der Waals surface area (Å²) in [5, 5.41) is 18.9. The number of rotatable bonds is 3. The van der Waals surface area contributed by atoms with E-state index >= 15 is 0 Å². The number of fused-ring (bicyclic) bond motifs is 1. The minimum Gasteiger partial charge on any atom is -0.482 e. The summed E-state index contributed by atoms with van der Waals surface area (Å²) in [4.78, 5) is 11.7. The zero-order valence-corrected chi connectivity index (χ0v) is 16.1. The minimum absolute atomic E-state index is 0.0375. The lowest BCUT2D eigenvalue weighted by molar-refractivity contribution is -0.118. The molecule has 30 heavy (non-hydrogen) atoms. The van der Waals surface area contributed by atoms with Crippen molar-refractivity contribution in [1.82, 2.24) is 0 Å². The Morgan fingerprint density at radius 1 is 1.07 bits per heavy atom. The zero-order valence-electron chi connectivity index (χ0n) is 16.1. The molecular weight excluding hydrogens is 376 g/mol. The summed E-state index contributed by atoms with van der Waals surface area (Å²) >= 11 is 0. The molecular formula is C24H18N4O2. The van der Waals surface area contributed by atoms with Crippen molar-refractivity contribution in [3.63, 3.8) is 0 Å². The fourth-order valence-corrected chi connectivity index (χ4v) is 3.81. The number of carbonyl (C=O) groups is 1. The van der Waals surface area contributed by atoms with Crippen LogP contribution in [0.2, 0.25) is 0 Å². The first-order valence-electron chi connectivity index (χ1n) is 9.70. The molecule has 0 bridgehead atoms. The molecule has 1 amide bonds. The maximum atomic E-state index is 11.7. The molecule has 6 heteroatoms. The standard InChI is InChI=1S/C24H18N4O2/c25-14-16-6-9-19(10-7-16)28-22(17-4-2-1-3-5-17)13-20(27-28)18-8-11-23-21(12-18)26-24(29)15-30-23/h1-12,22H,13,15H2,(H,26,29). The van der Waals surface area contributed by atoms with E-state index in [2.05, 4.69) is 23.5 Å². The smallest absolute Gasteiger partial charge is 0.262 e. The molecule has 1 N–H and O–H groups in total. The second-order valence-electron chi connectivity index (χ2n) is 7.23. The van der Waals surface area contributed by atoms with Crippen LogP contribution in [0, 0.1) is 11.3 Å². The highest BCUT2D eigenvalue weighted by Crippen LogP contribution is 2.38. The van der Waals surface area contributed by atoms with E-state index in [1.807, 2.05) is 53.5 Å². The third-order valence-electron chi connectivity index (χ3n) is 5.30. The van der Waals surface area contributed by atoms with Crippen LogP contribution in [0.25, 0.3) is 0 Å². The molecule has 5 rings (SSSR count). The number of hydrogen-bond donors (Lipinski definition) is 1. The Morgan fingerprint density at radius 3 is 2.63 bits per heavy atom. The summed E-state index contributed by atoms with van der Waals surface area (Å²) in [7, 11) is 0. The van der Waals surface area contributed by atoms with Crippen LogP contribution in [0.1, 0.15) is 29.2 Å². The number of hydrogen-bond acceptors (Lipinski definition) is 5. The van der Waals surface area contributed by atoms with Gasteiger partial charge in [0.15, 0.2) is 6.61 Å². The molecule has 2 aliphatic rings. The van der Waals surface area contributed by atoms with Gasteiger partial charge < -0.3 is 10.1 Å². The van der Waals surface area contributed by atoms with E-state index in [0.717, 1.165) is 28.9 Å². The van der Waals surface area contributed by atoms with Gasteiger partial charge in [0.25, 0.3) is 5.91 Å². The van der Waals surface area contributed by atoms with Crippen LogP contribution in [0.5, 0.6) is 5.75 Å². The van der Waals surface area contributed by atoms with Crippen molar-refractivity contribution >= 4 is 23.0 Å². The highest BCUT2D eigenvalue weighted by atomic mass is 16.5. The third kappa shape index (κ3) is 3.27. The lowest BCUT2D eigenvalue weighted by Gasteiger charge is -2.24. The predicted octanol–water partition coefficient (Wildman–Crippen LogP) is 4.24. The highest BCUT2D eigenvalue weighted by Gasteiger charge is 2.30. The average Bonchev–Trinajstić information content (AvgIpc) is 3.25. The molecule has 0 saturated carbocycles. The van der Waals surface area contributed by atoms with Gasteiger partial charge in [-0.2, -0.15) is 10.4 Å². The molecule has 2 heterocycles. The van der Waals surface area contributed by atoms with E-state index in [4.69, 9.17) is 15.1 Å². The molecule has 0 saturated heterocycles. The van der Waals surface area contributed by atoms with Crippen molar-refractivity contribution < 1.29 is 9.53 Å². The first-order chi connectivity index (χ1) is 14.7. The van der Waals surface area contributed by atoms with E-state index in [1.54, 1.807) is 12.1 Å². The number of benzene rings is 3. The van der Waals surface area contributed by atoms with Gasteiger partial charge in [-0.15, -0.1) is 0 Å². The quantitative estimate of drug-likeness (QED) is 0.721. The van der Waals surface area contributed by atoms with Gasteiger partial charge in [-0.3, -0.25) is 9.80 Å². The summed E-state index contributed by atoms with van der Waals surface area (Å²) in [5.41, 5.74) is 5.23. The number of ether oxygens (including phenoxy) is 1. The van der Waals surface area contributed by atoms with E-state index in [0.29, 0.717) is 17.0 Å². The first kappa shape index (κ1) is 18.0. The first-order valence-corrected chi connectivity index (χ1v) is 9.70. The van der Waals surface area contributed by atoms with Gasteiger partial charge in [-0.25, -0.2) is 0 Å². The number of anilines is 2. The Bertz CT molecular complexity index is 1180. The maximum Gasteiger partial charge on any atom is 0.262 e. The molecule has 6 nitrogen and oxygen atoms in total. The number of nitriles is 1. The zero-order chi connectivity index (χ0) is 20.5. The summed E-state index contributed by atoms with van der Waals surface area (Å²) in [6.45, 7) is 0.0375. The van der Waals surface area contributed by atoms with Crippen molar-refractivity contribution in [2.45, 2.75) is 12.5 Å². The van der Waals surface area contributed by atoms with Crippen molar-refractivity contribution in [2.24, 2.45) is 5.10 Å². The van der Waals surface area contributed by atoms with Crippen molar-refractivity contribution in [3.05, 3.63) is 89.5 Å². The molecule has 3 aromatic carbocycles. The SMILES string of the molecule is N#Cc1ccc(N2N=C(c3ccc4c(c3)NC(=O)CO4)CC2c2ccccc2)cc1.